The van der Waals surface area contributed by atoms with Gasteiger partial charge in [0.1, 0.15) is 6.61 Å². The Kier molecular flexibility index (Phi) is 8.27. The van der Waals surface area contributed by atoms with E-state index in [0.717, 1.165) is 24.0 Å². The smallest absolute Gasteiger partial charge is 0.253 e. The van der Waals surface area contributed by atoms with Gasteiger partial charge in [-0.25, -0.2) is 0 Å². The average Bonchev–Trinajstić information content (AvgIpc) is 2.91. The van der Waals surface area contributed by atoms with Crippen LogP contribution in [-0.4, -0.2) is 36.9 Å². The minimum Gasteiger partial charge on any atom is -0.493 e. The zero-order chi connectivity index (χ0) is 24.6. The number of rotatable bonds is 8. The summed E-state index contributed by atoms with van der Waals surface area (Å²) in [5.74, 6) is 0.896. The number of carbonyl (C=O) groups excluding carboxylic acids is 2. The van der Waals surface area contributed by atoms with Gasteiger partial charge in [0.15, 0.2) is 11.5 Å². The summed E-state index contributed by atoms with van der Waals surface area (Å²) in [6, 6.07) is 22.4. The second-order valence-electron chi connectivity index (χ2n) is 8.57. The molecule has 0 aliphatic carbocycles. The highest BCUT2D eigenvalue weighted by molar-refractivity contribution is 6.30. The largest absolute Gasteiger partial charge is 0.493 e. The van der Waals surface area contributed by atoms with Crippen LogP contribution in [0.15, 0.2) is 72.8 Å². The Bertz CT molecular complexity index is 1150. The molecular formula is C28H29ClN2O4. The first-order valence-corrected chi connectivity index (χ1v) is 12.1. The molecule has 1 fully saturated rings. The first-order valence-electron chi connectivity index (χ1n) is 11.7. The molecule has 4 rings (SSSR count). The molecule has 182 valence electrons. The summed E-state index contributed by atoms with van der Waals surface area (Å²) in [6.07, 6.45) is 1.55. The second kappa shape index (κ2) is 11.8. The Hall–Kier alpha value is -3.51. The van der Waals surface area contributed by atoms with E-state index in [1.807, 2.05) is 48.5 Å². The lowest BCUT2D eigenvalue weighted by Gasteiger charge is -2.32. The Labute approximate surface area is 210 Å². The van der Waals surface area contributed by atoms with Crippen LogP contribution in [0.5, 0.6) is 11.5 Å². The molecule has 2 amide bonds. The van der Waals surface area contributed by atoms with E-state index in [1.165, 1.54) is 0 Å². The normalized spacial score (nSPS) is 15.4. The van der Waals surface area contributed by atoms with Gasteiger partial charge in [-0.3, -0.25) is 9.59 Å². The SMILES string of the molecule is COc1cc(CNC(=O)[C@H]2CCCN(C(=O)c3ccc(Cl)cc3)C2)ccc1OCc1ccccc1. The number of ether oxygens (including phenoxy) is 2. The lowest BCUT2D eigenvalue weighted by atomic mass is 9.96. The van der Waals surface area contributed by atoms with E-state index in [-0.39, 0.29) is 17.7 Å². The molecule has 35 heavy (non-hydrogen) atoms. The summed E-state index contributed by atoms with van der Waals surface area (Å²) in [5, 5.41) is 3.60. The number of carbonyl (C=O) groups is 2. The Morgan fingerprint density at radius 1 is 1.00 bits per heavy atom. The second-order valence-corrected chi connectivity index (χ2v) is 9.01. The first-order chi connectivity index (χ1) is 17.0. The predicted molar refractivity (Wildman–Crippen MR) is 136 cm³/mol. The molecule has 3 aromatic rings. The molecule has 0 saturated carbocycles. The third-order valence-corrected chi connectivity index (χ3v) is 6.35. The quantitative estimate of drug-likeness (QED) is 0.475. The molecule has 6 nitrogen and oxygen atoms in total. The predicted octanol–water partition coefficient (Wildman–Crippen LogP) is 5.10. The Morgan fingerprint density at radius 2 is 1.77 bits per heavy atom. The third-order valence-electron chi connectivity index (χ3n) is 6.10. The number of nitrogens with one attached hydrogen (secondary N) is 1. The van der Waals surface area contributed by atoms with Crippen molar-refractivity contribution in [2.45, 2.75) is 26.0 Å². The highest BCUT2D eigenvalue weighted by atomic mass is 35.5. The highest BCUT2D eigenvalue weighted by Crippen LogP contribution is 2.29. The lowest BCUT2D eigenvalue weighted by molar-refractivity contribution is -0.126. The van der Waals surface area contributed by atoms with E-state index >= 15 is 0 Å². The van der Waals surface area contributed by atoms with Crippen molar-refractivity contribution in [3.63, 3.8) is 0 Å². The number of hydrogen-bond donors (Lipinski definition) is 1. The average molecular weight is 493 g/mol. The number of methoxy groups -OCH3 is 1. The van der Waals surface area contributed by atoms with Crippen molar-refractivity contribution in [1.29, 1.82) is 0 Å². The molecule has 0 radical (unpaired) electrons. The molecule has 7 heteroatoms. The minimum atomic E-state index is -0.240. The van der Waals surface area contributed by atoms with E-state index < -0.39 is 0 Å². The van der Waals surface area contributed by atoms with Crippen LogP contribution in [-0.2, 0) is 17.9 Å². The molecule has 1 saturated heterocycles. The summed E-state index contributed by atoms with van der Waals surface area (Å²) < 4.78 is 11.4. The zero-order valence-corrected chi connectivity index (χ0v) is 20.5. The van der Waals surface area contributed by atoms with Crippen molar-refractivity contribution in [3.8, 4) is 11.5 Å². The van der Waals surface area contributed by atoms with Crippen LogP contribution in [0.2, 0.25) is 5.02 Å². The van der Waals surface area contributed by atoms with Gasteiger partial charge in [0.25, 0.3) is 5.91 Å². The molecule has 0 unspecified atom stereocenters. The van der Waals surface area contributed by atoms with Gasteiger partial charge in [0.2, 0.25) is 5.91 Å². The van der Waals surface area contributed by atoms with Gasteiger partial charge in [-0.1, -0.05) is 48.0 Å². The van der Waals surface area contributed by atoms with Crippen LogP contribution in [0.3, 0.4) is 0 Å². The minimum absolute atomic E-state index is 0.0537. The van der Waals surface area contributed by atoms with E-state index in [0.29, 0.717) is 48.3 Å². The number of halogens is 1. The molecular weight excluding hydrogens is 464 g/mol. The van der Waals surface area contributed by atoms with Gasteiger partial charge < -0.3 is 19.7 Å². The maximum absolute atomic E-state index is 12.9. The van der Waals surface area contributed by atoms with E-state index in [2.05, 4.69) is 5.32 Å². The highest BCUT2D eigenvalue weighted by Gasteiger charge is 2.28. The zero-order valence-electron chi connectivity index (χ0n) is 19.7. The van der Waals surface area contributed by atoms with Crippen LogP contribution < -0.4 is 14.8 Å². The maximum Gasteiger partial charge on any atom is 0.253 e. The number of nitrogens with zero attached hydrogens (tertiary/aromatic N) is 1. The van der Waals surface area contributed by atoms with Gasteiger partial charge in [0, 0.05) is 30.2 Å². The fourth-order valence-electron chi connectivity index (χ4n) is 4.16. The molecule has 0 bridgehead atoms. The van der Waals surface area contributed by atoms with Gasteiger partial charge in [-0.15, -0.1) is 0 Å². The molecule has 0 aromatic heterocycles. The lowest BCUT2D eigenvalue weighted by Crippen LogP contribution is -2.45. The van der Waals surface area contributed by atoms with Crippen LogP contribution >= 0.6 is 11.6 Å². The van der Waals surface area contributed by atoms with E-state index in [4.69, 9.17) is 21.1 Å². The number of piperidine rings is 1. The number of benzene rings is 3. The maximum atomic E-state index is 12.9. The number of amides is 2. The molecule has 0 spiro atoms. The molecule has 1 N–H and O–H groups in total. The van der Waals surface area contributed by atoms with E-state index in [9.17, 15) is 9.59 Å². The molecule has 3 aromatic carbocycles. The van der Waals surface area contributed by atoms with Crippen LogP contribution in [0.4, 0.5) is 0 Å². The summed E-state index contributed by atoms with van der Waals surface area (Å²) in [7, 11) is 1.60. The van der Waals surface area contributed by atoms with Crippen molar-refractivity contribution in [1.82, 2.24) is 10.2 Å². The fraction of sp³-hybridized carbons (Fsp3) is 0.286. The fourth-order valence-corrected chi connectivity index (χ4v) is 4.29. The first kappa shape index (κ1) is 24.6. The summed E-state index contributed by atoms with van der Waals surface area (Å²) >= 11 is 5.93. The van der Waals surface area contributed by atoms with Gasteiger partial charge in [-0.2, -0.15) is 0 Å². The Balaban J connectivity index is 1.31. The van der Waals surface area contributed by atoms with Gasteiger partial charge in [-0.05, 0) is 60.4 Å². The monoisotopic (exact) mass is 492 g/mol. The number of hydrogen-bond acceptors (Lipinski definition) is 4. The summed E-state index contributed by atoms with van der Waals surface area (Å²) in [6.45, 7) is 1.87. The van der Waals surface area contributed by atoms with Crippen molar-refractivity contribution >= 4 is 23.4 Å². The summed E-state index contributed by atoms with van der Waals surface area (Å²) in [4.78, 5) is 27.5. The van der Waals surface area contributed by atoms with Crippen LogP contribution in [0, 0.1) is 5.92 Å². The standard InChI is InChI=1S/C28H29ClN2O4/c1-34-26-16-21(9-14-25(26)35-19-20-6-3-2-4-7-20)17-30-27(32)23-8-5-15-31(18-23)28(33)22-10-12-24(29)13-11-22/h2-4,6-7,9-14,16,23H,5,8,15,17-19H2,1H3,(H,30,32)/t23-/m0/s1. The van der Waals surface area contributed by atoms with Gasteiger partial charge in [0.05, 0.1) is 13.0 Å². The topological polar surface area (TPSA) is 67.9 Å². The van der Waals surface area contributed by atoms with Crippen molar-refractivity contribution in [3.05, 3.63) is 94.5 Å². The van der Waals surface area contributed by atoms with Crippen molar-refractivity contribution in [2.75, 3.05) is 20.2 Å². The molecule has 1 aliphatic heterocycles. The molecule has 1 aliphatic rings. The van der Waals surface area contributed by atoms with Gasteiger partial charge >= 0.3 is 0 Å². The molecule has 1 atom stereocenters. The van der Waals surface area contributed by atoms with Crippen molar-refractivity contribution < 1.29 is 19.1 Å². The Morgan fingerprint density at radius 3 is 2.51 bits per heavy atom. The van der Waals surface area contributed by atoms with E-state index in [1.54, 1.807) is 36.3 Å². The van der Waals surface area contributed by atoms with Crippen LogP contribution in [0.1, 0.15) is 34.3 Å². The third kappa shape index (κ3) is 6.55. The van der Waals surface area contributed by atoms with Crippen molar-refractivity contribution in [2.24, 2.45) is 5.92 Å². The molecule has 1 heterocycles. The summed E-state index contributed by atoms with van der Waals surface area (Å²) in [5.41, 5.74) is 2.56. The number of likely N-dealkylation sites (tertiary alicyclic amines) is 1. The van der Waals surface area contributed by atoms with Crippen LogP contribution in [0.25, 0.3) is 0 Å².